The van der Waals surface area contributed by atoms with Crippen molar-refractivity contribution in [2.75, 3.05) is 6.54 Å². The van der Waals surface area contributed by atoms with Gasteiger partial charge in [-0.15, -0.1) is 5.73 Å². The number of dihydropyridines is 1. The predicted molar refractivity (Wildman–Crippen MR) is 103 cm³/mol. The monoisotopic (exact) mass is 306 g/mol. The molecule has 0 fully saturated rings. The Morgan fingerprint density at radius 1 is 1.35 bits per heavy atom. The Morgan fingerprint density at radius 2 is 2.09 bits per heavy atom. The molecule has 0 aromatic heterocycles. The third-order valence-corrected chi connectivity index (χ3v) is 3.35. The summed E-state index contributed by atoms with van der Waals surface area (Å²) in [4.78, 5) is 9.10. The zero-order chi connectivity index (χ0) is 17.2. The van der Waals surface area contributed by atoms with Crippen LogP contribution >= 0.6 is 0 Å². The van der Waals surface area contributed by atoms with Gasteiger partial charge >= 0.3 is 0 Å². The summed E-state index contributed by atoms with van der Waals surface area (Å²) in [7, 11) is 0. The quantitative estimate of drug-likeness (QED) is 0.349. The van der Waals surface area contributed by atoms with Gasteiger partial charge in [0.2, 0.25) is 0 Å². The average Bonchev–Trinajstić information content (AvgIpc) is 2.52. The third kappa shape index (κ3) is 6.46. The summed E-state index contributed by atoms with van der Waals surface area (Å²) in [5, 5.41) is 0. The van der Waals surface area contributed by atoms with Crippen LogP contribution in [0.2, 0.25) is 0 Å². The zero-order valence-electron chi connectivity index (χ0n) is 14.7. The first-order valence-corrected chi connectivity index (χ1v) is 7.77. The van der Waals surface area contributed by atoms with Gasteiger partial charge < -0.3 is 0 Å². The van der Waals surface area contributed by atoms with Crippen molar-refractivity contribution < 1.29 is 0 Å². The van der Waals surface area contributed by atoms with E-state index in [1.165, 1.54) is 0 Å². The van der Waals surface area contributed by atoms with Crippen LogP contribution in [0.5, 0.6) is 0 Å². The van der Waals surface area contributed by atoms with Gasteiger partial charge in [0, 0.05) is 23.9 Å². The lowest BCUT2D eigenvalue weighted by Gasteiger charge is -2.10. The van der Waals surface area contributed by atoms with E-state index in [9.17, 15) is 0 Å². The second-order valence-corrected chi connectivity index (χ2v) is 5.59. The molecule has 1 rings (SSSR count). The molecular formula is C21H26N2. The van der Waals surface area contributed by atoms with Crippen LogP contribution in [-0.4, -0.2) is 18.5 Å². The molecule has 0 saturated carbocycles. The van der Waals surface area contributed by atoms with Crippen LogP contribution in [0.15, 0.2) is 87.2 Å². The molecule has 1 heterocycles. The zero-order valence-corrected chi connectivity index (χ0v) is 14.7. The molecule has 120 valence electrons. The summed E-state index contributed by atoms with van der Waals surface area (Å²) in [5.74, 6) is 0. The molecule has 0 aromatic rings. The highest BCUT2D eigenvalue weighted by Crippen LogP contribution is 2.18. The minimum atomic E-state index is 0.692. The molecule has 0 aliphatic carbocycles. The summed E-state index contributed by atoms with van der Waals surface area (Å²) in [6, 6.07) is 0. The Bertz CT molecular complexity index is 685. The molecule has 0 unspecified atom stereocenters. The van der Waals surface area contributed by atoms with Gasteiger partial charge in [0.15, 0.2) is 0 Å². The van der Waals surface area contributed by atoms with Crippen LogP contribution in [0.1, 0.15) is 34.1 Å². The molecule has 0 radical (unpaired) electrons. The minimum absolute atomic E-state index is 0.692. The van der Waals surface area contributed by atoms with Crippen molar-refractivity contribution in [3.63, 3.8) is 0 Å². The number of hydrogen-bond acceptors (Lipinski definition) is 2. The van der Waals surface area contributed by atoms with Gasteiger partial charge in [-0.3, -0.25) is 9.98 Å². The summed E-state index contributed by atoms with van der Waals surface area (Å²) in [5.41, 5.74) is 9.12. The first-order chi connectivity index (χ1) is 11.0. The van der Waals surface area contributed by atoms with Crippen LogP contribution in [0.25, 0.3) is 0 Å². The van der Waals surface area contributed by atoms with Gasteiger partial charge in [0.25, 0.3) is 0 Å². The Hall–Kier alpha value is -2.44. The second-order valence-electron chi connectivity index (χ2n) is 5.59. The van der Waals surface area contributed by atoms with Crippen LogP contribution < -0.4 is 0 Å². The Kier molecular flexibility index (Phi) is 7.73. The van der Waals surface area contributed by atoms with Gasteiger partial charge in [-0.05, 0) is 44.4 Å². The molecule has 2 heteroatoms. The fourth-order valence-corrected chi connectivity index (χ4v) is 2.19. The standard InChI is InChI=1S/C21H26N2/c1-7-9-10-11-18(5)21(17(4)8-2)23-19(6)13-20-12-16(3)14-22-15-20/h7,9-12,15H,2-3,13-14H2,1,4-6H3/b9-7-,11-10-,21-18+,23-19?. The van der Waals surface area contributed by atoms with E-state index in [1.807, 2.05) is 45.2 Å². The molecule has 1 aliphatic rings. The van der Waals surface area contributed by atoms with Crippen LogP contribution in [0, 0.1) is 0 Å². The molecule has 0 amide bonds. The number of allylic oxidation sites excluding steroid dienone is 7. The molecule has 0 bridgehead atoms. The van der Waals surface area contributed by atoms with E-state index in [1.54, 1.807) is 0 Å². The van der Waals surface area contributed by atoms with E-state index in [4.69, 9.17) is 4.99 Å². The largest absolute Gasteiger partial charge is 0.288 e. The lowest BCUT2D eigenvalue weighted by Crippen LogP contribution is -2.03. The smallest absolute Gasteiger partial charge is 0.0764 e. The summed E-state index contributed by atoms with van der Waals surface area (Å²) < 4.78 is 0. The van der Waals surface area contributed by atoms with Gasteiger partial charge in [0.05, 0.1) is 12.2 Å². The normalized spacial score (nSPS) is 16.6. The predicted octanol–water partition coefficient (Wildman–Crippen LogP) is 5.54. The van der Waals surface area contributed by atoms with Gasteiger partial charge in [-0.25, -0.2) is 0 Å². The molecule has 0 N–H and O–H groups in total. The Labute approximate surface area is 140 Å². The lowest BCUT2D eigenvalue weighted by atomic mass is 10.0. The van der Waals surface area contributed by atoms with Crippen molar-refractivity contribution in [3.8, 4) is 0 Å². The Morgan fingerprint density at radius 3 is 2.70 bits per heavy atom. The number of nitrogens with zero attached hydrogens (tertiary/aromatic N) is 2. The molecule has 0 aromatic carbocycles. The summed E-state index contributed by atoms with van der Waals surface area (Å²) in [6.07, 6.45) is 12.8. The number of hydrogen-bond donors (Lipinski definition) is 0. The SMILES string of the molecule is C=C=C(C)\C(N=C(C)CC1=CC(=C)CN=C1)=C(C)/C=C\C=C/C. The molecule has 0 spiro atoms. The summed E-state index contributed by atoms with van der Waals surface area (Å²) in [6.45, 7) is 16.5. The first-order valence-electron chi connectivity index (χ1n) is 7.77. The maximum atomic E-state index is 4.79. The van der Waals surface area contributed by atoms with Crippen molar-refractivity contribution in [1.29, 1.82) is 0 Å². The maximum absolute atomic E-state index is 4.79. The highest BCUT2D eigenvalue weighted by atomic mass is 14.8. The van der Waals surface area contributed by atoms with E-state index in [0.29, 0.717) is 6.54 Å². The third-order valence-electron chi connectivity index (χ3n) is 3.35. The number of aliphatic imine (C=N–C) groups is 2. The van der Waals surface area contributed by atoms with Crippen LogP contribution in [-0.2, 0) is 0 Å². The lowest BCUT2D eigenvalue weighted by molar-refractivity contribution is 1.15. The van der Waals surface area contributed by atoms with Crippen molar-refractivity contribution in [2.24, 2.45) is 9.98 Å². The van der Waals surface area contributed by atoms with E-state index in [-0.39, 0.29) is 0 Å². The average molecular weight is 306 g/mol. The second kappa shape index (κ2) is 9.55. The first kappa shape index (κ1) is 18.6. The fraction of sp³-hybridized carbons (Fsp3) is 0.286. The van der Waals surface area contributed by atoms with Crippen molar-refractivity contribution in [3.05, 3.63) is 77.3 Å². The van der Waals surface area contributed by atoms with Crippen LogP contribution in [0.4, 0.5) is 0 Å². The van der Waals surface area contributed by atoms with Crippen molar-refractivity contribution >= 4 is 11.9 Å². The Balaban J connectivity index is 3.09. The topological polar surface area (TPSA) is 24.7 Å². The van der Waals surface area contributed by atoms with E-state index in [0.717, 1.165) is 40.1 Å². The van der Waals surface area contributed by atoms with Crippen LogP contribution in [0.3, 0.4) is 0 Å². The molecule has 0 saturated heterocycles. The molecule has 1 aliphatic heterocycles. The van der Waals surface area contributed by atoms with Gasteiger partial charge in [-0.2, -0.15) is 0 Å². The highest BCUT2D eigenvalue weighted by molar-refractivity contribution is 5.94. The molecule has 0 atom stereocenters. The van der Waals surface area contributed by atoms with Crippen molar-refractivity contribution in [2.45, 2.75) is 34.1 Å². The van der Waals surface area contributed by atoms with E-state index >= 15 is 0 Å². The fourth-order valence-electron chi connectivity index (χ4n) is 2.19. The van der Waals surface area contributed by atoms with Crippen molar-refractivity contribution in [1.82, 2.24) is 0 Å². The number of rotatable bonds is 6. The highest BCUT2D eigenvalue weighted by Gasteiger charge is 2.06. The molecular weight excluding hydrogens is 280 g/mol. The van der Waals surface area contributed by atoms with Gasteiger partial charge in [0.1, 0.15) is 0 Å². The maximum Gasteiger partial charge on any atom is 0.0764 e. The molecule has 2 nitrogen and oxygen atoms in total. The van der Waals surface area contributed by atoms with Gasteiger partial charge in [-0.1, -0.05) is 43.5 Å². The molecule has 23 heavy (non-hydrogen) atoms. The van der Waals surface area contributed by atoms with E-state index in [2.05, 4.69) is 43.0 Å². The van der Waals surface area contributed by atoms with E-state index < -0.39 is 0 Å². The summed E-state index contributed by atoms with van der Waals surface area (Å²) >= 11 is 0. The minimum Gasteiger partial charge on any atom is -0.288 e.